The highest BCUT2D eigenvalue weighted by molar-refractivity contribution is 9.10. The second-order valence-corrected chi connectivity index (χ2v) is 6.24. The molecule has 0 radical (unpaired) electrons. The fraction of sp³-hybridized carbons (Fsp3) is 0.333. The molecular weight excluding hydrogens is 266 g/mol. The van der Waals surface area contributed by atoms with Crippen LogP contribution in [0.1, 0.15) is 0 Å². The lowest BCUT2D eigenvalue weighted by Crippen LogP contribution is -2.13. The number of hydrogen-bond donors (Lipinski definition) is 1. The second kappa shape index (κ2) is 4.79. The minimum atomic E-state index is -2.88. The van der Waals surface area contributed by atoms with Gasteiger partial charge in [0.15, 0.2) is 0 Å². The van der Waals surface area contributed by atoms with E-state index in [0.717, 1.165) is 10.2 Å². The van der Waals surface area contributed by atoms with Gasteiger partial charge in [0.2, 0.25) is 0 Å². The molecule has 78 valence electrons. The van der Waals surface area contributed by atoms with Crippen LogP contribution in [-0.4, -0.2) is 27.0 Å². The largest absolute Gasteiger partial charge is 0.384 e. The molecule has 3 nitrogen and oxygen atoms in total. The Morgan fingerprint density at radius 2 is 2.14 bits per heavy atom. The fourth-order valence-electron chi connectivity index (χ4n) is 0.979. The fourth-order valence-corrected chi connectivity index (χ4v) is 1.85. The molecule has 0 aliphatic carbocycles. The van der Waals surface area contributed by atoms with Crippen molar-refractivity contribution in [2.75, 3.05) is 23.9 Å². The van der Waals surface area contributed by atoms with Gasteiger partial charge in [0.25, 0.3) is 0 Å². The van der Waals surface area contributed by atoms with E-state index < -0.39 is 9.84 Å². The van der Waals surface area contributed by atoms with Gasteiger partial charge in [0, 0.05) is 23.0 Å². The standard InChI is InChI=1S/C9H12BrNO2S/c1-14(12,13)6-5-11-9-4-2-3-8(10)7-9/h2-4,7,11H,5-6H2,1H3. The van der Waals surface area contributed by atoms with Crippen molar-refractivity contribution in [2.45, 2.75) is 0 Å². The van der Waals surface area contributed by atoms with E-state index >= 15 is 0 Å². The summed E-state index contributed by atoms with van der Waals surface area (Å²) in [5.74, 6) is 0.152. The summed E-state index contributed by atoms with van der Waals surface area (Å²) < 4.78 is 22.7. The molecule has 0 bridgehead atoms. The maximum absolute atomic E-state index is 10.8. The van der Waals surface area contributed by atoms with Crippen LogP contribution in [0.3, 0.4) is 0 Å². The lowest BCUT2D eigenvalue weighted by molar-refractivity contribution is 0.602. The first-order chi connectivity index (χ1) is 6.47. The summed E-state index contributed by atoms with van der Waals surface area (Å²) in [5.41, 5.74) is 0.919. The molecule has 0 fully saturated rings. The van der Waals surface area contributed by atoms with Crippen LogP contribution in [0.5, 0.6) is 0 Å². The number of benzene rings is 1. The van der Waals surface area contributed by atoms with E-state index in [1.165, 1.54) is 6.26 Å². The third kappa shape index (κ3) is 4.62. The Labute approximate surface area is 92.6 Å². The minimum Gasteiger partial charge on any atom is -0.384 e. The first-order valence-corrected chi connectivity index (χ1v) is 7.00. The van der Waals surface area contributed by atoms with Gasteiger partial charge in [0.1, 0.15) is 9.84 Å². The number of hydrogen-bond acceptors (Lipinski definition) is 3. The Morgan fingerprint density at radius 1 is 1.43 bits per heavy atom. The average molecular weight is 278 g/mol. The molecule has 1 aromatic rings. The number of anilines is 1. The molecule has 14 heavy (non-hydrogen) atoms. The number of sulfone groups is 1. The molecular formula is C9H12BrNO2S. The van der Waals surface area contributed by atoms with E-state index in [9.17, 15) is 8.42 Å². The summed E-state index contributed by atoms with van der Waals surface area (Å²) in [6.45, 7) is 0.440. The zero-order valence-electron chi connectivity index (χ0n) is 7.83. The van der Waals surface area contributed by atoms with Gasteiger partial charge in [-0.3, -0.25) is 0 Å². The number of halogens is 1. The zero-order valence-corrected chi connectivity index (χ0v) is 10.2. The first-order valence-electron chi connectivity index (χ1n) is 4.14. The molecule has 5 heteroatoms. The van der Waals surface area contributed by atoms with Crippen molar-refractivity contribution >= 4 is 31.5 Å². The molecule has 0 heterocycles. The van der Waals surface area contributed by atoms with Crippen molar-refractivity contribution in [1.29, 1.82) is 0 Å². The molecule has 1 aromatic carbocycles. The molecule has 1 N–H and O–H groups in total. The van der Waals surface area contributed by atoms with Crippen molar-refractivity contribution in [3.63, 3.8) is 0 Å². The third-order valence-corrected chi connectivity index (χ3v) is 3.07. The van der Waals surface area contributed by atoms with Crippen LogP contribution in [0.15, 0.2) is 28.7 Å². The van der Waals surface area contributed by atoms with Crippen LogP contribution < -0.4 is 5.32 Å². The molecule has 0 saturated heterocycles. The lowest BCUT2D eigenvalue weighted by atomic mass is 10.3. The van der Waals surface area contributed by atoms with Gasteiger partial charge in [-0.2, -0.15) is 0 Å². The highest BCUT2D eigenvalue weighted by atomic mass is 79.9. The summed E-state index contributed by atoms with van der Waals surface area (Å²) in [7, 11) is -2.88. The van der Waals surface area contributed by atoms with Gasteiger partial charge in [-0.1, -0.05) is 22.0 Å². The van der Waals surface area contributed by atoms with Crippen molar-refractivity contribution in [2.24, 2.45) is 0 Å². The van der Waals surface area contributed by atoms with E-state index in [0.29, 0.717) is 6.54 Å². The maximum Gasteiger partial charge on any atom is 0.149 e. The molecule has 0 unspecified atom stereocenters. The van der Waals surface area contributed by atoms with Crippen LogP contribution in [0.25, 0.3) is 0 Å². The predicted octanol–water partition coefficient (Wildman–Crippen LogP) is 1.91. The summed E-state index contributed by atoms with van der Waals surface area (Å²) in [6, 6.07) is 7.62. The van der Waals surface area contributed by atoms with Crippen LogP contribution in [-0.2, 0) is 9.84 Å². The smallest absolute Gasteiger partial charge is 0.149 e. The van der Waals surface area contributed by atoms with Crippen LogP contribution in [0.2, 0.25) is 0 Å². The Hall–Kier alpha value is -0.550. The van der Waals surface area contributed by atoms with E-state index in [1.54, 1.807) is 0 Å². The Morgan fingerprint density at radius 3 is 2.71 bits per heavy atom. The normalized spacial score (nSPS) is 11.3. The van der Waals surface area contributed by atoms with Crippen molar-refractivity contribution < 1.29 is 8.42 Å². The predicted molar refractivity (Wildman–Crippen MR) is 62.3 cm³/mol. The summed E-state index contributed by atoms with van der Waals surface area (Å²) >= 11 is 3.34. The highest BCUT2D eigenvalue weighted by Gasteiger charge is 2.00. The second-order valence-electron chi connectivity index (χ2n) is 3.07. The van der Waals surface area contributed by atoms with Crippen LogP contribution >= 0.6 is 15.9 Å². The Kier molecular flexibility index (Phi) is 3.95. The molecule has 0 amide bonds. The monoisotopic (exact) mass is 277 g/mol. The third-order valence-electron chi connectivity index (χ3n) is 1.63. The van der Waals surface area contributed by atoms with E-state index in [4.69, 9.17) is 0 Å². The van der Waals surface area contributed by atoms with Gasteiger partial charge >= 0.3 is 0 Å². The van der Waals surface area contributed by atoms with E-state index in [2.05, 4.69) is 21.2 Å². The quantitative estimate of drug-likeness (QED) is 0.915. The van der Waals surface area contributed by atoms with Gasteiger partial charge in [-0.05, 0) is 18.2 Å². The molecule has 0 atom stereocenters. The lowest BCUT2D eigenvalue weighted by Gasteiger charge is -2.05. The average Bonchev–Trinajstić information content (AvgIpc) is 2.01. The van der Waals surface area contributed by atoms with Gasteiger partial charge in [0.05, 0.1) is 5.75 Å². The van der Waals surface area contributed by atoms with Gasteiger partial charge in [-0.15, -0.1) is 0 Å². The Bertz CT molecular complexity index is 403. The van der Waals surface area contributed by atoms with Gasteiger partial charge < -0.3 is 5.32 Å². The van der Waals surface area contributed by atoms with Crippen LogP contribution in [0, 0.1) is 0 Å². The topological polar surface area (TPSA) is 46.2 Å². The van der Waals surface area contributed by atoms with Crippen molar-refractivity contribution in [3.8, 4) is 0 Å². The highest BCUT2D eigenvalue weighted by Crippen LogP contribution is 2.15. The van der Waals surface area contributed by atoms with E-state index in [-0.39, 0.29) is 5.75 Å². The first kappa shape index (κ1) is 11.5. The summed E-state index contributed by atoms with van der Waals surface area (Å²) in [5, 5.41) is 3.03. The van der Waals surface area contributed by atoms with Crippen molar-refractivity contribution in [3.05, 3.63) is 28.7 Å². The molecule has 0 aliphatic heterocycles. The van der Waals surface area contributed by atoms with Gasteiger partial charge in [-0.25, -0.2) is 8.42 Å². The number of nitrogens with one attached hydrogen (secondary N) is 1. The maximum atomic E-state index is 10.8. The minimum absolute atomic E-state index is 0.152. The molecule has 0 spiro atoms. The number of rotatable bonds is 4. The Balaban J connectivity index is 2.47. The van der Waals surface area contributed by atoms with Crippen molar-refractivity contribution in [1.82, 2.24) is 0 Å². The molecule has 1 rings (SSSR count). The molecule has 0 aromatic heterocycles. The van der Waals surface area contributed by atoms with Crippen LogP contribution in [0.4, 0.5) is 5.69 Å². The summed E-state index contributed by atoms with van der Waals surface area (Å²) in [4.78, 5) is 0. The SMILES string of the molecule is CS(=O)(=O)CCNc1cccc(Br)c1. The molecule has 0 saturated carbocycles. The zero-order chi connectivity index (χ0) is 10.6. The molecule has 0 aliphatic rings. The van der Waals surface area contributed by atoms with E-state index in [1.807, 2.05) is 24.3 Å². The summed E-state index contributed by atoms with van der Waals surface area (Å²) in [6.07, 6.45) is 1.23.